The van der Waals surface area contributed by atoms with Gasteiger partial charge in [0.15, 0.2) is 0 Å². The molecule has 0 aromatic heterocycles. The summed E-state index contributed by atoms with van der Waals surface area (Å²) in [4.78, 5) is 15.1. The van der Waals surface area contributed by atoms with E-state index in [9.17, 15) is 4.79 Å². The summed E-state index contributed by atoms with van der Waals surface area (Å²) in [6, 6.07) is 10.8. The topological polar surface area (TPSA) is 84.9 Å². The molecule has 4 heteroatoms. The van der Waals surface area contributed by atoms with Crippen molar-refractivity contribution in [1.82, 2.24) is 4.98 Å². The molecule has 0 bridgehead atoms. The molecular weight excluding hydrogens is 214 g/mol. The molecule has 0 unspecified atom stereocenters. The van der Waals surface area contributed by atoms with Crippen molar-refractivity contribution >= 4 is 22.3 Å². The molecule has 0 fully saturated rings. The van der Waals surface area contributed by atoms with Gasteiger partial charge in [0.05, 0.1) is 5.69 Å². The average molecular weight is 225 g/mol. The highest BCUT2D eigenvalue weighted by Gasteiger charge is 2.10. The van der Waals surface area contributed by atoms with Gasteiger partial charge < -0.3 is 16.5 Å². The summed E-state index contributed by atoms with van der Waals surface area (Å²) >= 11 is 0. The van der Waals surface area contributed by atoms with Crippen LogP contribution in [0.15, 0.2) is 41.2 Å². The van der Waals surface area contributed by atoms with Crippen molar-refractivity contribution in [3.63, 3.8) is 0 Å². The van der Waals surface area contributed by atoms with E-state index >= 15 is 0 Å². The van der Waals surface area contributed by atoms with Crippen LogP contribution in [0.25, 0.3) is 22.2 Å². The summed E-state index contributed by atoms with van der Waals surface area (Å²) in [7, 11) is 0. The van der Waals surface area contributed by atoms with E-state index in [4.69, 9.17) is 11.5 Å². The highest BCUT2D eigenvalue weighted by Crippen LogP contribution is 2.24. The maximum absolute atomic E-state index is 11.9. The third kappa shape index (κ3) is 1.42. The fourth-order valence-corrected chi connectivity index (χ4v) is 1.98. The molecule has 4 nitrogen and oxygen atoms in total. The van der Waals surface area contributed by atoms with Crippen LogP contribution in [0.3, 0.4) is 0 Å². The lowest BCUT2D eigenvalue weighted by Crippen LogP contribution is -2.11. The first-order valence-corrected chi connectivity index (χ1v) is 5.26. The number of nitrogen functional groups attached to an aromatic ring is 2. The molecule has 0 saturated carbocycles. The fourth-order valence-electron chi connectivity index (χ4n) is 1.98. The number of rotatable bonds is 0. The number of fused-ring (bicyclic) bond motifs is 2. The number of nitrogens with one attached hydrogen (secondary N) is 1. The highest BCUT2D eigenvalue weighted by molar-refractivity contribution is 5.88. The Labute approximate surface area is 97.2 Å². The minimum atomic E-state index is -0.150. The Bertz CT molecular complexity index is 745. The summed E-state index contributed by atoms with van der Waals surface area (Å²) in [6.45, 7) is 0. The molecule has 0 atom stereocenters. The molecule has 5 N–H and O–H groups in total. The third-order valence-corrected chi connectivity index (χ3v) is 2.87. The van der Waals surface area contributed by atoms with E-state index in [-0.39, 0.29) is 11.1 Å². The molecule has 84 valence electrons. The normalized spacial score (nSPS) is 11.1. The Kier molecular flexibility index (Phi) is 1.86. The van der Waals surface area contributed by atoms with E-state index in [1.54, 1.807) is 6.07 Å². The molecule has 0 radical (unpaired) electrons. The maximum Gasteiger partial charge on any atom is 0.210 e. The number of H-pyrrole nitrogens is 1. The van der Waals surface area contributed by atoms with Gasteiger partial charge in [0.2, 0.25) is 5.43 Å². The molecule has 0 amide bonds. The number of hydrogen-bond acceptors (Lipinski definition) is 3. The summed E-state index contributed by atoms with van der Waals surface area (Å²) in [5.74, 6) is 0. The minimum Gasteiger partial charge on any atom is -0.399 e. The Balaban J connectivity index is 2.50. The minimum absolute atomic E-state index is 0.150. The Morgan fingerprint density at radius 2 is 1.82 bits per heavy atom. The average Bonchev–Trinajstić information content (AvgIpc) is 2.32. The van der Waals surface area contributed by atoms with E-state index in [0.29, 0.717) is 11.3 Å². The number of nitrogens with two attached hydrogens (primary N) is 2. The van der Waals surface area contributed by atoms with Crippen LogP contribution >= 0.6 is 0 Å². The van der Waals surface area contributed by atoms with Gasteiger partial charge in [-0.05, 0) is 36.4 Å². The van der Waals surface area contributed by atoms with Gasteiger partial charge in [-0.15, -0.1) is 0 Å². The van der Waals surface area contributed by atoms with Crippen molar-refractivity contribution in [3.8, 4) is 11.3 Å². The zero-order chi connectivity index (χ0) is 12.0. The first kappa shape index (κ1) is 9.72. The summed E-state index contributed by atoms with van der Waals surface area (Å²) in [5, 5.41) is 0.903. The lowest BCUT2D eigenvalue weighted by Gasteiger charge is -2.09. The van der Waals surface area contributed by atoms with Gasteiger partial charge in [0, 0.05) is 27.8 Å². The van der Waals surface area contributed by atoms with Gasteiger partial charge in [-0.3, -0.25) is 4.79 Å². The zero-order valence-electron chi connectivity index (χ0n) is 9.03. The number of benzene rings is 2. The predicted octanol–water partition coefficient (Wildman–Crippen LogP) is 1.80. The maximum atomic E-state index is 11.9. The van der Waals surface area contributed by atoms with E-state index in [2.05, 4.69) is 4.98 Å². The second-order valence-corrected chi connectivity index (χ2v) is 4.06. The van der Waals surface area contributed by atoms with Crippen LogP contribution in [-0.2, 0) is 0 Å². The standard InChI is InChI=1S/C13H11N3O/c14-8-1-3-11-7(5-8)6-9-12(16-11)4-2-10(15)13(9)17/h1-6,16H,14-15H2. The molecule has 1 aromatic carbocycles. The lowest BCUT2D eigenvalue weighted by molar-refractivity contribution is 1.37. The van der Waals surface area contributed by atoms with Gasteiger partial charge in [-0.1, -0.05) is 0 Å². The second-order valence-electron chi connectivity index (χ2n) is 4.06. The van der Waals surface area contributed by atoms with Crippen molar-refractivity contribution in [3.05, 3.63) is 46.6 Å². The number of pyridine rings is 1. The van der Waals surface area contributed by atoms with E-state index in [1.807, 2.05) is 30.3 Å². The molecule has 3 rings (SSSR count). The summed E-state index contributed by atoms with van der Waals surface area (Å²) in [5.41, 5.74) is 14.4. The van der Waals surface area contributed by atoms with Crippen molar-refractivity contribution in [2.45, 2.75) is 0 Å². The Hall–Kier alpha value is -2.49. The van der Waals surface area contributed by atoms with Crippen molar-refractivity contribution in [2.24, 2.45) is 0 Å². The SMILES string of the molecule is Nc1ccc2[nH]c3ccc(N)c(=O)c-3cc2c1. The van der Waals surface area contributed by atoms with Crippen LogP contribution in [0.1, 0.15) is 0 Å². The van der Waals surface area contributed by atoms with Crippen LogP contribution in [-0.4, -0.2) is 4.98 Å². The quantitative estimate of drug-likeness (QED) is 0.403. The molecule has 1 aromatic rings. The largest absolute Gasteiger partial charge is 0.399 e. The smallest absolute Gasteiger partial charge is 0.210 e. The number of hydrogen-bond donors (Lipinski definition) is 3. The highest BCUT2D eigenvalue weighted by atomic mass is 16.1. The van der Waals surface area contributed by atoms with Crippen LogP contribution in [0.4, 0.5) is 11.4 Å². The van der Waals surface area contributed by atoms with Crippen LogP contribution in [0.5, 0.6) is 0 Å². The summed E-state index contributed by atoms with van der Waals surface area (Å²) in [6.07, 6.45) is 0. The number of anilines is 2. The zero-order valence-corrected chi connectivity index (χ0v) is 9.03. The van der Waals surface area contributed by atoms with Crippen LogP contribution in [0, 0.1) is 0 Å². The first-order chi connectivity index (χ1) is 8.15. The second kappa shape index (κ2) is 3.25. The number of aromatic amines is 1. The molecule has 1 heterocycles. The third-order valence-electron chi connectivity index (χ3n) is 2.87. The van der Waals surface area contributed by atoms with Crippen molar-refractivity contribution in [1.29, 1.82) is 0 Å². The fraction of sp³-hybridized carbons (Fsp3) is 0. The van der Waals surface area contributed by atoms with E-state index in [1.165, 1.54) is 0 Å². The van der Waals surface area contributed by atoms with E-state index in [0.717, 1.165) is 16.6 Å². The van der Waals surface area contributed by atoms with Crippen molar-refractivity contribution < 1.29 is 0 Å². The molecular formula is C13H11N3O. The molecule has 0 saturated heterocycles. The van der Waals surface area contributed by atoms with Gasteiger partial charge in [-0.25, -0.2) is 0 Å². The van der Waals surface area contributed by atoms with Crippen LogP contribution < -0.4 is 16.9 Å². The number of aromatic nitrogens is 1. The van der Waals surface area contributed by atoms with Crippen LogP contribution in [0.2, 0.25) is 0 Å². The summed E-state index contributed by atoms with van der Waals surface area (Å²) < 4.78 is 0. The van der Waals surface area contributed by atoms with Gasteiger partial charge in [0.25, 0.3) is 0 Å². The first-order valence-electron chi connectivity index (χ1n) is 5.26. The molecule has 2 aliphatic rings. The Morgan fingerprint density at radius 1 is 1.00 bits per heavy atom. The Morgan fingerprint density at radius 3 is 2.65 bits per heavy atom. The van der Waals surface area contributed by atoms with Crippen molar-refractivity contribution in [2.75, 3.05) is 11.5 Å². The molecule has 17 heavy (non-hydrogen) atoms. The van der Waals surface area contributed by atoms with Gasteiger partial charge in [0.1, 0.15) is 0 Å². The molecule has 0 spiro atoms. The lowest BCUT2D eigenvalue weighted by atomic mass is 10.0. The van der Waals surface area contributed by atoms with Gasteiger partial charge in [-0.2, -0.15) is 0 Å². The van der Waals surface area contributed by atoms with E-state index < -0.39 is 0 Å². The predicted molar refractivity (Wildman–Crippen MR) is 70.0 cm³/mol. The molecule has 1 aliphatic heterocycles. The molecule has 1 aliphatic carbocycles. The van der Waals surface area contributed by atoms with Gasteiger partial charge >= 0.3 is 0 Å². The monoisotopic (exact) mass is 225 g/mol.